The summed E-state index contributed by atoms with van der Waals surface area (Å²) in [5.41, 5.74) is 9.54. The zero-order chi connectivity index (χ0) is 10.2. The van der Waals surface area contributed by atoms with Gasteiger partial charge in [0, 0.05) is 0 Å². The van der Waals surface area contributed by atoms with E-state index in [0.29, 0.717) is 12.8 Å². The smallest absolute Gasteiger partial charge is 0.245 e. The van der Waals surface area contributed by atoms with Crippen molar-refractivity contribution < 1.29 is 18.0 Å². The van der Waals surface area contributed by atoms with Crippen molar-refractivity contribution in [2.24, 2.45) is 11.5 Å². The van der Waals surface area contributed by atoms with Gasteiger partial charge in [0.15, 0.2) is 9.84 Å². The molecule has 0 radical (unpaired) electrons. The van der Waals surface area contributed by atoms with Crippen LogP contribution < -0.4 is 11.5 Å². The van der Waals surface area contributed by atoms with Crippen LogP contribution in [-0.4, -0.2) is 30.7 Å². The van der Waals surface area contributed by atoms with Gasteiger partial charge in [-0.25, -0.2) is 8.42 Å². The highest BCUT2D eigenvalue weighted by molar-refractivity contribution is 7.94. The van der Waals surface area contributed by atoms with Crippen LogP contribution in [0.15, 0.2) is 0 Å². The minimum absolute atomic E-state index is 0.472. The number of hydrogen-bond acceptors (Lipinski definition) is 4. The first-order valence-electron chi connectivity index (χ1n) is 3.68. The molecule has 1 aliphatic carbocycles. The largest absolute Gasteiger partial charge is 0.368 e. The average Bonchev–Trinajstić information content (AvgIpc) is 2.61. The molecule has 74 valence electrons. The Balaban J connectivity index is 3.00. The lowest BCUT2D eigenvalue weighted by atomic mass is 10.4. The minimum atomic E-state index is -3.78. The molecule has 0 atom stereocenters. The number of carbonyl (C=O) groups excluding carboxylic acids is 2. The van der Waals surface area contributed by atoms with Crippen molar-refractivity contribution in [2.45, 2.75) is 23.3 Å². The highest BCUT2D eigenvalue weighted by Gasteiger charge is 2.46. The van der Waals surface area contributed by atoms with Crippen molar-refractivity contribution in [3.8, 4) is 0 Å². The van der Waals surface area contributed by atoms with Crippen molar-refractivity contribution in [3.63, 3.8) is 0 Å². The predicted octanol–water partition coefficient (Wildman–Crippen LogP) is -2.10. The number of rotatable bonds is 4. The van der Waals surface area contributed by atoms with Crippen LogP contribution in [0.5, 0.6) is 0 Å². The molecule has 0 aliphatic heterocycles. The molecule has 0 unspecified atom stereocenters. The van der Waals surface area contributed by atoms with Gasteiger partial charge in [0.2, 0.25) is 17.1 Å². The van der Waals surface area contributed by atoms with Gasteiger partial charge in [0.25, 0.3) is 0 Å². The van der Waals surface area contributed by atoms with E-state index in [0.717, 1.165) is 0 Å². The Morgan fingerprint density at radius 1 is 1.15 bits per heavy atom. The summed E-state index contributed by atoms with van der Waals surface area (Å²) in [6.45, 7) is 0. The van der Waals surface area contributed by atoms with Crippen molar-refractivity contribution >= 4 is 21.7 Å². The zero-order valence-corrected chi connectivity index (χ0v) is 7.58. The van der Waals surface area contributed by atoms with Crippen molar-refractivity contribution in [1.82, 2.24) is 0 Å². The molecule has 0 aromatic heterocycles. The monoisotopic (exact) mass is 206 g/mol. The van der Waals surface area contributed by atoms with Gasteiger partial charge in [-0.05, 0) is 12.8 Å². The number of primary amides is 2. The quantitative estimate of drug-likeness (QED) is 0.512. The van der Waals surface area contributed by atoms with Gasteiger partial charge in [0.1, 0.15) is 0 Å². The van der Waals surface area contributed by atoms with E-state index in [1.807, 2.05) is 0 Å². The summed E-state index contributed by atoms with van der Waals surface area (Å²) in [6.07, 6.45) is 0.943. The van der Waals surface area contributed by atoms with E-state index in [-0.39, 0.29) is 0 Å². The molecule has 0 saturated heterocycles. The van der Waals surface area contributed by atoms with E-state index in [4.69, 9.17) is 11.5 Å². The maximum absolute atomic E-state index is 11.4. The second kappa shape index (κ2) is 2.99. The molecule has 1 saturated carbocycles. The number of carbonyl (C=O) groups is 2. The molecular formula is C6H10N2O4S. The molecule has 0 heterocycles. The molecule has 4 N–H and O–H groups in total. The van der Waals surface area contributed by atoms with E-state index < -0.39 is 32.2 Å². The summed E-state index contributed by atoms with van der Waals surface area (Å²) in [5.74, 6) is -2.39. The van der Waals surface area contributed by atoms with Gasteiger partial charge in [0.05, 0.1) is 5.25 Å². The van der Waals surface area contributed by atoms with Crippen LogP contribution >= 0.6 is 0 Å². The third-order valence-corrected chi connectivity index (χ3v) is 4.36. The Labute approximate surface area is 75.2 Å². The molecule has 0 spiro atoms. The van der Waals surface area contributed by atoms with Gasteiger partial charge in [-0.15, -0.1) is 0 Å². The molecule has 0 aromatic carbocycles. The molecule has 1 aliphatic rings. The fourth-order valence-electron chi connectivity index (χ4n) is 1.05. The molecule has 1 fully saturated rings. The maximum atomic E-state index is 11.4. The van der Waals surface area contributed by atoms with Crippen molar-refractivity contribution in [3.05, 3.63) is 0 Å². The third-order valence-electron chi connectivity index (χ3n) is 1.83. The van der Waals surface area contributed by atoms with Gasteiger partial charge >= 0.3 is 0 Å². The van der Waals surface area contributed by atoms with Crippen LogP contribution in [0, 0.1) is 0 Å². The number of nitrogens with two attached hydrogens (primary N) is 2. The second-order valence-corrected chi connectivity index (χ2v) is 5.29. The highest BCUT2D eigenvalue weighted by Crippen LogP contribution is 2.31. The SMILES string of the molecule is NC(=O)C(C(N)=O)S(=O)(=O)C1CC1. The summed E-state index contributed by atoms with van der Waals surface area (Å²) in [4.78, 5) is 21.3. The highest BCUT2D eigenvalue weighted by atomic mass is 32.2. The van der Waals surface area contributed by atoms with E-state index in [9.17, 15) is 18.0 Å². The molecule has 1 rings (SSSR count). The molecular weight excluding hydrogens is 196 g/mol. The van der Waals surface area contributed by atoms with E-state index in [2.05, 4.69) is 0 Å². The Bertz CT molecular complexity index is 330. The third kappa shape index (κ3) is 1.80. The van der Waals surface area contributed by atoms with E-state index >= 15 is 0 Å². The molecule has 0 aromatic rings. The Kier molecular flexibility index (Phi) is 2.29. The fraction of sp³-hybridized carbons (Fsp3) is 0.667. The maximum Gasteiger partial charge on any atom is 0.245 e. The molecule has 6 nitrogen and oxygen atoms in total. The van der Waals surface area contributed by atoms with Crippen molar-refractivity contribution in [2.75, 3.05) is 0 Å². The first kappa shape index (κ1) is 9.97. The predicted molar refractivity (Wildman–Crippen MR) is 44.1 cm³/mol. The first-order valence-corrected chi connectivity index (χ1v) is 5.29. The average molecular weight is 206 g/mol. The van der Waals surface area contributed by atoms with Crippen molar-refractivity contribution in [1.29, 1.82) is 0 Å². The Morgan fingerprint density at radius 2 is 1.54 bits per heavy atom. The lowest BCUT2D eigenvalue weighted by molar-refractivity contribution is -0.125. The van der Waals surface area contributed by atoms with Crippen LogP contribution in [0.25, 0.3) is 0 Å². The fourth-order valence-corrected chi connectivity index (χ4v) is 2.88. The molecule has 0 bridgehead atoms. The van der Waals surface area contributed by atoms with Gasteiger partial charge in [-0.3, -0.25) is 9.59 Å². The van der Waals surface area contributed by atoms with E-state index in [1.54, 1.807) is 0 Å². The number of sulfone groups is 1. The van der Waals surface area contributed by atoms with Crippen LogP contribution in [-0.2, 0) is 19.4 Å². The van der Waals surface area contributed by atoms with Crippen LogP contribution in [0.1, 0.15) is 12.8 Å². The van der Waals surface area contributed by atoms with Crippen LogP contribution in [0.2, 0.25) is 0 Å². The first-order chi connectivity index (χ1) is 5.87. The Hall–Kier alpha value is -1.11. The van der Waals surface area contributed by atoms with E-state index in [1.165, 1.54) is 0 Å². The Morgan fingerprint density at radius 3 is 1.77 bits per heavy atom. The minimum Gasteiger partial charge on any atom is -0.368 e. The number of amides is 2. The lowest BCUT2D eigenvalue weighted by Crippen LogP contribution is -2.47. The summed E-state index contributed by atoms with van der Waals surface area (Å²) in [5, 5.41) is -2.47. The van der Waals surface area contributed by atoms with Gasteiger partial charge in [-0.2, -0.15) is 0 Å². The molecule has 2 amide bonds. The summed E-state index contributed by atoms with van der Waals surface area (Å²) in [6, 6.07) is 0. The van der Waals surface area contributed by atoms with Gasteiger partial charge in [-0.1, -0.05) is 0 Å². The summed E-state index contributed by atoms with van der Waals surface area (Å²) in [7, 11) is -3.78. The van der Waals surface area contributed by atoms with Crippen LogP contribution in [0.4, 0.5) is 0 Å². The standard InChI is InChI=1S/C6H10N2O4S/c7-5(9)4(6(8)10)13(11,12)3-1-2-3/h3-4H,1-2H2,(H2,7,9)(H2,8,10). The molecule has 7 heteroatoms. The molecule has 13 heavy (non-hydrogen) atoms. The van der Waals surface area contributed by atoms with Gasteiger partial charge < -0.3 is 11.5 Å². The number of hydrogen-bond donors (Lipinski definition) is 2. The second-order valence-electron chi connectivity index (χ2n) is 2.97. The lowest BCUT2D eigenvalue weighted by Gasteiger charge is -2.09. The summed E-state index contributed by atoms with van der Waals surface area (Å²) >= 11 is 0. The van der Waals surface area contributed by atoms with Crippen LogP contribution in [0.3, 0.4) is 0 Å². The summed E-state index contributed by atoms with van der Waals surface area (Å²) < 4.78 is 22.7. The topological polar surface area (TPSA) is 120 Å². The zero-order valence-electron chi connectivity index (χ0n) is 6.76. The normalized spacial score (nSPS) is 17.3.